The molecule has 5 heterocycles. The van der Waals surface area contributed by atoms with E-state index in [1.165, 1.54) is 43.8 Å². The van der Waals surface area contributed by atoms with Gasteiger partial charge < -0.3 is 24.4 Å². The first-order chi connectivity index (χ1) is 24.6. The summed E-state index contributed by atoms with van der Waals surface area (Å²) >= 11 is 14.1. The lowest BCUT2D eigenvalue weighted by molar-refractivity contribution is -0.377. The van der Waals surface area contributed by atoms with E-state index in [4.69, 9.17) is 42.1 Å². The van der Waals surface area contributed by atoms with Crippen molar-refractivity contribution in [2.24, 2.45) is 5.92 Å². The van der Waals surface area contributed by atoms with E-state index in [0.29, 0.717) is 49.7 Å². The molecule has 15 heteroatoms. The van der Waals surface area contributed by atoms with Gasteiger partial charge in [-0.15, -0.1) is 11.3 Å². The number of hydrogen-bond acceptors (Lipinski definition) is 10. The maximum atomic E-state index is 13.6. The number of carbonyl (C=O) groups is 2. The van der Waals surface area contributed by atoms with Crippen molar-refractivity contribution in [1.29, 1.82) is 0 Å². The predicted octanol–water partition coefficient (Wildman–Crippen LogP) is 7.26. The quantitative estimate of drug-likeness (QED) is 0.132. The molecule has 0 saturated carbocycles. The molecular weight excluding hydrogens is 739 g/mol. The van der Waals surface area contributed by atoms with Crippen LogP contribution in [-0.2, 0) is 27.2 Å². The molecule has 3 aliphatic rings. The molecule has 2 aromatic carbocycles. The van der Waals surface area contributed by atoms with Crippen LogP contribution in [0.15, 0.2) is 67.0 Å². The molecule has 4 aromatic rings. The van der Waals surface area contributed by atoms with Crippen LogP contribution in [0.25, 0.3) is 0 Å². The second kappa shape index (κ2) is 17.8. The van der Waals surface area contributed by atoms with Gasteiger partial charge in [0.25, 0.3) is 6.43 Å². The summed E-state index contributed by atoms with van der Waals surface area (Å²) in [7, 11) is 3.05. The Morgan fingerprint density at radius 2 is 1.67 bits per heavy atom. The third-order valence-electron chi connectivity index (χ3n) is 9.35. The van der Waals surface area contributed by atoms with Crippen molar-refractivity contribution in [2.75, 3.05) is 33.9 Å². The van der Waals surface area contributed by atoms with Crippen LogP contribution >= 0.6 is 34.5 Å². The Balaban J connectivity index is 0.00000523. The van der Waals surface area contributed by atoms with E-state index >= 15 is 0 Å². The Bertz CT molecular complexity index is 1840. The number of methoxy groups -OCH3 is 2. The number of halogens is 4. The molecule has 1 unspecified atom stereocenters. The first kappa shape index (κ1) is 39.4. The summed E-state index contributed by atoms with van der Waals surface area (Å²) in [5, 5.41) is 3.97. The van der Waals surface area contributed by atoms with Crippen molar-refractivity contribution in [3.63, 3.8) is 0 Å². The number of thiophene rings is 1. The number of nitrogens with one attached hydrogen (secondary N) is 2. The maximum Gasteiger partial charge on any atom is 0.348 e. The largest absolute Gasteiger partial charge is 0.870 e. The van der Waals surface area contributed by atoms with Crippen LogP contribution in [0.4, 0.5) is 8.78 Å². The highest BCUT2D eigenvalue weighted by atomic mass is 35.5. The van der Waals surface area contributed by atoms with Crippen molar-refractivity contribution < 1.29 is 47.8 Å². The molecule has 0 aliphatic carbocycles. The number of alkyl halides is 2. The SMILES string of the molecule is COc1ccc([C@H](Cc2c(Cl)c[nH+]cc2Cl)OC(=O)c2ccc(CNC(C(=O)O[C@H]3CN4CCC3CC4)c3cccc(C(F)F)c3)s2)cc1OC.[OH-]. The summed E-state index contributed by atoms with van der Waals surface area (Å²) < 4.78 is 50.2. The molecule has 10 nitrogen and oxygen atoms in total. The van der Waals surface area contributed by atoms with E-state index in [0.717, 1.165) is 30.8 Å². The molecule has 7 rings (SSSR count). The molecular formula is C37H39Cl2F2N3O7S. The highest BCUT2D eigenvalue weighted by Gasteiger charge is 2.38. The number of aromatic nitrogens is 1. The Morgan fingerprint density at radius 1 is 0.962 bits per heavy atom. The molecule has 3 fully saturated rings. The summed E-state index contributed by atoms with van der Waals surface area (Å²) in [6.45, 7) is 2.81. The molecule has 0 radical (unpaired) electrons. The standard InChI is InChI=1S/C37H37Cl2F2N3O6S.H2O/c1-47-29-8-6-22(15-31(29)48-2)30(16-26-27(38)18-42-19-28(26)39)49-36(45)33-9-7-25(51-33)17-43-34(23-4-3-5-24(14-23)35(40)41)37(46)50-32-20-44-12-10-21(32)11-13-44;/h3-9,14-15,18-19,21,30,32,34-35,43H,10-13,16-17,20H2,1-2H3;1H2/t30-,32-,34?;/m0./s1. The number of esters is 2. The third-order valence-corrected chi connectivity index (χ3v) is 11.1. The minimum absolute atomic E-state index is 0. The fourth-order valence-corrected chi connectivity index (χ4v) is 7.96. The first-order valence-electron chi connectivity index (χ1n) is 16.5. The zero-order chi connectivity index (χ0) is 36.1. The van der Waals surface area contributed by atoms with Gasteiger partial charge >= 0.3 is 11.9 Å². The Hall–Kier alpha value is -3.85. The van der Waals surface area contributed by atoms with Crippen LogP contribution in [0, 0.1) is 5.92 Å². The number of H-pyrrole nitrogens is 1. The second-order valence-electron chi connectivity index (χ2n) is 12.5. The molecule has 0 spiro atoms. The van der Waals surface area contributed by atoms with Crippen LogP contribution < -0.4 is 19.8 Å². The van der Waals surface area contributed by atoms with Gasteiger partial charge in [0.1, 0.15) is 33.2 Å². The number of nitrogens with zero attached hydrogens (tertiary/aromatic N) is 1. The van der Waals surface area contributed by atoms with E-state index in [-0.39, 0.29) is 36.0 Å². The number of piperidine rings is 3. The van der Waals surface area contributed by atoms with Crippen molar-refractivity contribution in [1.82, 2.24) is 10.2 Å². The number of ether oxygens (including phenoxy) is 4. The summed E-state index contributed by atoms with van der Waals surface area (Å²) in [5.41, 5.74) is 1.42. The molecule has 3 saturated heterocycles. The van der Waals surface area contributed by atoms with Crippen LogP contribution in [0.2, 0.25) is 10.0 Å². The van der Waals surface area contributed by atoms with E-state index in [1.807, 2.05) is 0 Å². The van der Waals surface area contributed by atoms with Gasteiger partial charge in [-0.2, -0.15) is 0 Å². The predicted molar refractivity (Wildman–Crippen MR) is 191 cm³/mol. The average molecular weight is 779 g/mol. The van der Waals surface area contributed by atoms with Crippen molar-refractivity contribution >= 4 is 46.5 Å². The van der Waals surface area contributed by atoms with Gasteiger partial charge in [-0.05, 0) is 73.3 Å². The van der Waals surface area contributed by atoms with Crippen LogP contribution in [-0.4, -0.2) is 62.3 Å². The number of hydrogen-bond donors (Lipinski definition) is 1. The average Bonchev–Trinajstić information content (AvgIpc) is 3.62. The van der Waals surface area contributed by atoms with Crippen LogP contribution in [0.1, 0.15) is 68.2 Å². The molecule has 2 bridgehead atoms. The summed E-state index contributed by atoms with van der Waals surface area (Å²) in [6, 6.07) is 13.4. The fourth-order valence-electron chi connectivity index (χ4n) is 6.58. The van der Waals surface area contributed by atoms with Gasteiger partial charge in [-0.1, -0.05) is 47.5 Å². The van der Waals surface area contributed by atoms with Gasteiger partial charge in [-0.25, -0.2) is 23.4 Å². The van der Waals surface area contributed by atoms with E-state index in [2.05, 4.69) is 15.2 Å². The van der Waals surface area contributed by atoms with Gasteiger partial charge in [0.2, 0.25) is 0 Å². The molecule has 52 heavy (non-hydrogen) atoms. The Morgan fingerprint density at radius 3 is 2.33 bits per heavy atom. The number of pyridine rings is 1. The van der Waals surface area contributed by atoms with Gasteiger partial charge in [0.15, 0.2) is 23.9 Å². The number of benzene rings is 2. The number of rotatable bonds is 14. The summed E-state index contributed by atoms with van der Waals surface area (Å²) in [5.74, 6) is 0.153. The van der Waals surface area contributed by atoms with Crippen molar-refractivity contribution in [2.45, 2.75) is 50.5 Å². The molecule has 3 atom stereocenters. The number of aromatic amines is 1. The molecule has 0 amide bonds. The highest BCUT2D eigenvalue weighted by molar-refractivity contribution is 7.13. The van der Waals surface area contributed by atoms with E-state index in [9.17, 15) is 18.4 Å². The highest BCUT2D eigenvalue weighted by Crippen LogP contribution is 2.36. The lowest BCUT2D eigenvalue weighted by Crippen LogP contribution is -2.52. The molecule has 278 valence electrons. The number of carbonyl (C=O) groups excluding carboxylic acids is 2. The molecule has 2 aromatic heterocycles. The summed E-state index contributed by atoms with van der Waals surface area (Å²) in [4.78, 5) is 33.5. The minimum Gasteiger partial charge on any atom is -0.870 e. The normalized spacial score (nSPS) is 19.0. The number of fused-ring (bicyclic) bond motifs is 3. The zero-order valence-electron chi connectivity index (χ0n) is 28.5. The lowest BCUT2D eigenvalue weighted by atomic mass is 9.86. The van der Waals surface area contributed by atoms with Crippen molar-refractivity contribution in [3.05, 3.63) is 109 Å². The van der Waals surface area contributed by atoms with Crippen LogP contribution in [0.5, 0.6) is 11.5 Å². The third kappa shape index (κ3) is 9.20. The monoisotopic (exact) mass is 777 g/mol. The zero-order valence-corrected chi connectivity index (χ0v) is 30.8. The van der Waals surface area contributed by atoms with Gasteiger partial charge in [0, 0.05) is 35.5 Å². The second-order valence-corrected chi connectivity index (χ2v) is 14.5. The summed E-state index contributed by atoms with van der Waals surface area (Å²) in [6.07, 6.45) is 1.55. The molecule has 3 aliphatic heterocycles. The first-order valence-corrected chi connectivity index (χ1v) is 18.1. The van der Waals surface area contributed by atoms with E-state index < -0.39 is 30.5 Å². The van der Waals surface area contributed by atoms with Gasteiger partial charge in [-0.3, -0.25) is 10.2 Å². The van der Waals surface area contributed by atoms with E-state index in [1.54, 1.807) is 48.8 Å². The Labute approximate surface area is 314 Å². The Kier molecular flexibility index (Phi) is 13.5. The minimum atomic E-state index is -2.69. The fraction of sp³-hybridized carbons (Fsp3) is 0.378. The maximum absolute atomic E-state index is 13.6. The lowest BCUT2D eigenvalue weighted by Gasteiger charge is -2.44. The van der Waals surface area contributed by atoms with Crippen molar-refractivity contribution in [3.8, 4) is 11.5 Å². The van der Waals surface area contributed by atoms with Crippen LogP contribution in [0.3, 0.4) is 0 Å². The molecule has 3 N–H and O–H groups in total. The van der Waals surface area contributed by atoms with Gasteiger partial charge in [0.05, 0.1) is 14.2 Å². The smallest absolute Gasteiger partial charge is 0.348 e. The topological polar surface area (TPSA) is 130 Å².